The van der Waals surface area contributed by atoms with Crippen LogP contribution in [0.15, 0.2) is 0 Å². The summed E-state index contributed by atoms with van der Waals surface area (Å²) < 4.78 is 15.7. The Kier molecular flexibility index (Phi) is 20.4. The second kappa shape index (κ2) is 20.5. The Hall–Kier alpha value is -0.200. The van der Waals surface area contributed by atoms with Crippen molar-refractivity contribution in [2.45, 2.75) is 72.3 Å². The van der Waals surface area contributed by atoms with E-state index >= 15 is 0 Å². The van der Waals surface area contributed by atoms with Gasteiger partial charge in [0.1, 0.15) is 0 Å². The largest absolute Gasteiger partial charge is 0.385 e. The van der Waals surface area contributed by atoms with Gasteiger partial charge in [-0.05, 0) is 52.6 Å². The molecule has 1 unspecified atom stereocenters. The minimum atomic E-state index is 0.579. The molecule has 2 fully saturated rings. The number of hydrogen-bond acceptors (Lipinski definition) is 5. The maximum absolute atomic E-state index is 5.35. The number of hydrogen-bond donors (Lipinski definition) is 0. The summed E-state index contributed by atoms with van der Waals surface area (Å²) in [5.41, 5.74) is 0. The first-order valence-electron chi connectivity index (χ1n) is 11.3. The van der Waals surface area contributed by atoms with Crippen LogP contribution in [0.1, 0.15) is 66.2 Å². The third kappa shape index (κ3) is 16.5. The Morgan fingerprint density at radius 1 is 0.926 bits per heavy atom. The molecule has 0 saturated carbocycles. The molecule has 0 aliphatic carbocycles. The van der Waals surface area contributed by atoms with Crippen molar-refractivity contribution < 1.29 is 14.2 Å². The van der Waals surface area contributed by atoms with E-state index in [9.17, 15) is 0 Å². The summed E-state index contributed by atoms with van der Waals surface area (Å²) in [6.07, 6.45) is 7.81. The molecule has 5 heteroatoms. The Bertz CT molecular complexity index is 284. The molecule has 0 N–H and O–H groups in total. The number of likely N-dealkylation sites (tertiary alicyclic amines) is 1. The molecular formula is C22H48N2O3. The second-order valence-electron chi connectivity index (χ2n) is 7.47. The number of rotatable bonds is 9. The van der Waals surface area contributed by atoms with Gasteiger partial charge in [0.25, 0.3) is 0 Å². The summed E-state index contributed by atoms with van der Waals surface area (Å²) in [5.74, 6) is 0. The maximum atomic E-state index is 5.35. The molecule has 164 valence electrons. The Balaban J connectivity index is 0.000000438. The summed E-state index contributed by atoms with van der Waals surface area (Å²) in [5, 5.41) is 0. The monoisotopic (exact) mass is 388 g/mol. The molecule has 0 amide bonds. The van der Waals surface area contributed by atoms with Gasteiger partial charge in [0.15, 0.2) is 0 Å². The number of methoxy groups -OCH3 is 1. The van der Waals surface area contributed by atoms with Gasteiger partial charge < -0.3 is 19.1 Å². The lowest BCUT2D eigenvalue weighted by Crippen LogP contribution is -2.44. The van der Waals surface area contributed by atoms with Crippen LogP contribution in [0, 0.1) is 0 Å². The third-order valence-corrected chi connectivity index (χ3v) is 4.71. The lowest BCUT2D eigenvalue weighted by Gasteiger charge is -2.33. The van der Waals surface area contributed by atoms with Crippen molar-refractivity contribution in [3.8, 4) is 0 Å². The quantitative estimate of drug-likeness (QED) is 0.557. The molecule has 2 saturated heterocycles. The predicted octanol–water partition coefficient (Wildman–Crippen LogP) is 4.06. The molecule has 2 aliphatic heterocycles. The third-order valence-electron chi connectivity index (χ3n) is 4.71. The van der Waals surface area contributed by atoms with E-state index in [0.29, 0.717) is 6.04 Å². The van der Waals surface area contributed by atoms with Gasteiger partial charge in [0, 0.05) is 52.6 Å². The highest BCUT2D eigenvalue weighted by molar-refractivity contribution is 4.70. The SMILES string of the molecule is CCC.CCOCCCN1CCCCC1.COCCCN1CCOCC1C. The Morgan fingerprint density at radius 2 is 1.59 bits per heavy atom. The predicted molar refractivity (Wildman–Crippen MR) is 116 cm³/mol. The smallest absolute Gasteiger partial charge is 0.0619 e. The molecule has 27 heavy (non-hydrogen) atoms. The summed E-state index contributed by atoms with van der Waals surface area (Å²) >= 11 is 0. The van der Waals surface area contributed by atoms with Gasteiger partial charge in [-0.2, -0.15) is 0 Å². The van der Waals surface area contributed by atoms with Crippen LogP contribution in [-0.4, -0.2) is 88.7 Å². The van der Waals surface area contributed by atoms with E-state index in [2.05, 4.69) is 37.5 Å². The van der Waals surface area contributed by atoms with Crippen molar-refractivity contribution in [3.05, 3.63) is 0 Å². The molecular weight excluding hydrogens is 340 g/mol. The molecule has 0 aromatic rings. The van der Waals surface area contributed by atoms with Crippen LogP contribution in [0.4, 0.5) is 0 Å². The van der Waals surface area contributed by atoms with Crippen LogP contribution in [0.25, 0.3) is 0 Å². The van der Waals surface area contributed by atoms with Crippen LogP contribution >= 0.6 is 0 Å². The summed E-state index contributed by atoms with van der Waals surface area (Å²) in [6, 6.07) is 0.579. The van der Waals surface area contributed by atoms with E-state index in [1.54, 1.807) is 7.11 Å². The number of nitrogens with zero attached hydrogens (tertiary/aromatic N) is 2. The summed E-state index contributed by atoms with van der Waals surface area (Å²) in [7, 11) is 1.75. The van der Waals surface area contributed by atoms with E-state index in [0.717, 1.165) is 52.5 Å². The van der Waals surface area contributed by atoms with Gasteiger partial charge in [-0.3, -0.25) is 4.90 Å². The first-order chi connectivity index (χ1) is 13.2. The van der Waals surface area contributed by atoms with Gasteiger partial charge in [-0.25, -0.2) is 0 Å². The summed E-state index contributed by atoms with van der Waals surface area (Å²) in [4.78, 5) is 5.02. The first-order valence-corrected chi connectivity index (χ1v) is 11.3. The van der Waals surface area contributed by atoms with Gasteiger partial charge in [0.05, 0.1) is 13.2 Å². The second-order valence-corrected chi connectivity index (χ2v) is 7.47. The Morgan fingerprint density at radius 3 is 2.19 bits per heavy atom. The van der Waals surface area contributed by atoms with E-state index in [4.69, 9.17) is 14.2 Å². The van der Waals surface area contributed by atoms with Crippen LogP contribution < -0.4 is 0 Å². The molecule has 2 aliphatic rings. The van der Waals surface area contributed by atoms with Gasteiger partial charge in [0.2, 0.25) is 0 Å². The van der Waals surface area contributed by atoms with Gasteiger partial charge in [-0.15, -0.1) is 0 Å². The van der Waals surface area contributed by atoms with Gasteiger partial charge in [-0.1, -0.05) is 26.7 Å². The van der Waals surface area contributed by atoms with Gasteiger partial charge >= 0.3 is 0 Å². The average Bonchev–Trinajstić information content (AvgIpc) is 2.69. The normalized spacial score (nSPS) is 21.0. The molecule has 0 aromatic heterocycles. The molecule has 5 nitrogen and oxygen atoms in total. The highest BCUT2D eigenvalue weighted by Gasteiger charge is 2.17. The minimum Gasteiger partial charge on any atom is -0.385 e. The zero-order valence-electron chi connectivity index (χ0n) is 19.0. The fourth-order valence-corrected chi connectivity index (χ4v) is 3.22. The van der Waals surface area contributed by atoms with Crippen molar-refractivity contribution in [2.75, 3.05) is 72.9 Å². The Labute approximate surface area is 169 Å². The molecule has 0 bridgehead atoms. The first kappa shape index (κ1) is 26.8. The average molecular weight is 389 g/mol. The van der Waals surface area contributed by atoms with Crippen molar-refractivity contribution in [1.29, 1.82) is 0 Å². The fourth-order valence-electron chi connectivity index (χ4n) is 3.22. The van der Waals surface area contributed by atoms with Crippen molar-refractivity contribution in [3.63, 3.8) is 0 Å². The van der Waals surface area contributed by atoms with E-state index < -0.39 is 0 Å². The lowest BCUT2D eigenvalue weighted by molar-refractivity contribution is -0.00327. The van der Waals surface area contributed by atoms with E-state index in [-0.39, 0.29) is 0 Å². The van der Waals surface area contributed by atoms with E-state index in [1.807, 2.05) is 0 Å². The number of ether oxygens (including phenoxy) is 3. The maximum Gasteiger partial charge on any atom is 0.0619 e. The molecule has 0 radical (unpaired) electrons. The van der Waals surface area contributed by atoms with Crippen molar-refractivity contribution in [1.82, 2.24) is 9.80 Å². The zero-order chi connectivity index (χ0) is 20.2. The van der Waals surface area contributed by atoms with Crippen LogP contribution in [-0.2, 0) is 14.2 Å². The highest BCUT2D eigenvalue weighted by atomic mass is 16.5. The topological polar surface area (TPSA) is 34.2 Å². The summed E-state index contributed by atoms with van der Waals surface area (Å²) in [6.45, 7) is 19.0. The lowest BCUT2D eigenvalue weighted by atomic mass is 10.1. The fraction of sp³-hybridized carbons (Fsp3) is 1.00. The number of morpholine rings is 1. The molecule has 2 heterocycles. The highest BCUT2D eigenvalue weighted by Crippen LogP contribution is 2.08. The van der Waals surface area contributed by atoms with Crippen LogP contribution in [0.2, 0.25) is 0 Å². The van der Waals surface area contributed by atoms with Crippen molar-refractivity contribution >= 4 is 0 Å². The molecule has 0 spiro atoms. The molecule has 0 aromatic carbocycles. The van der Waals surface area contributed by atoms with Crippen LogP contribution in [0.5, 0.6) is 0 Å². The molecule has 2 rings (SSSR count). The minimum absolute atomic E-state index is 0.579. The van der Waals surface area contributed by atoms with Crippen LogP contribution in [0.3, 0.4) is 0 Å². The van der Waals surface area contributed by atoms with E-state index in [1.165, 1.54) is 51.7 Å². The molecule has 1 atom stereocenters. The zero-order valence-corrected chi connectivity index (χ0v) is 19.0. The van der Waals surface area contributed by atoms with Crippen molar-refractivity contribution in [2.24, 2.45) is 0 Å². The standard InChI is InChI=1S/C10H21NO.C9H19NO2.C3H8/c1-2-12-10-6-9-11-7-4-3-5-8-11;1-9-8-12-7-5-10(9)4-3-6-11-2;1-3-2/h2-10H2,1H3;9H,3-8H2,1-2H3;3H2,1-2H3. The number of piperidine rings is 1.